The topological polar surface area (TPSA) is 58.2 Å². The van der Waals surface area contributed by atoms with Crippen molar-refractivity contribution in [3.05, 3.63) is 70.3 Å². The van der Waals surface area contributed by atoms with Gasteiger partial charge in [0.05, 0.1) is 0 Å². The van der Waals surface area contributed by atoms with Crippen molar-refractivity contribution < 1.29 is 9.59 Å². The number of hydrogen-bond donors (Lipinski definition) is 2. The average molecular weight is 282 g/mol. The SMILES string of the molecule is Cc1ccc(C(=O)NNC(=O)c2ccc(C)cc2C)cc1. The van der Waals surface area contributed by atoms with Crippen molar-refractivity contribution in [2.24, 2.45) is 0 Å². The molecule has 2 rings (SSSR count). The summed E-state index contributed by atoms with van der Waals surface area (Å²) in [7, 11) is 0. The van der Waals surface area contributed by atoms with Gasteiger partial charge in [0.2, 0.25) is 0 Å². The van der Waals surface area contributed by atoms with Crippen molar-refractivity contribution in [3.63, 3.8) is 0 Å². The van der Waals surface area contributed by atoms with E-state index in [4.69, 9.17) is 0 Å². The maximum Gasteiger partial charge on any atom is 0.269 e. The minimum atomic E-state index is -0.340. The molecule has 21 heavy (non-hydrogen) atoms. The van der Waals surface area contributed by atoms with Gasteiger partial charge in [0.25, 0.3) is 11.8 Å². The molecule has 4 heteroatoms. The molecule has 0 aromatic heterocycles. The van der Waals surface area contributed by atoms with E-state index in [1.807, 2.05) is 45.0 Å². The van der Waals surface area contributed by atoms with E-state index in [-0.39, 0.29) is 11.8 Å². The summed E-state index contributed by atoms with van der Waals surface area (Å²) in [6, 6.07) is 12.7. The van der Waals surface area contributed by atoms with Gasteiger partial charge in [-0.05, 0) is 44.5 Å². The molecule has 0 fully saturated rings. The second-order valence-corrected chi connectivity index (χ2v) is 5.09. The van der Waals surface area contributed by atoms with Gasteiger partial charge in [-0.3, -0.25) is 20.4 Å². The predicted octanol–water partition coefficient (Wildman–Crippen LogP) is 2.69. The number of amides is 2. The van der Waals surface area contributed by atoms with Crippen LogP contribution in [-0.2, 0) is 0 Å². The van der Waals surface area contributed by atoms with Gasteiger partial charge in [0, 0.05) is 11.1 Å². The minimum absolute atomic E-state index is 0.326. The minimum Gasteiger partial charge on any atom is -0.267 e. The summed E-state index contributed by atoms with van der Waals surface area (Å²) in [5.74, 6) is -0.666. The van der Waals surface area contributed by atoms with Gasteiger partial charge < -0.3 is 0 Å². The highest BCUT2D eigenvalue weighted by Crippen LogP contribution is 2.10. The molecule has 0 spiro atoms. The first-order chi connectivity index (χ1) is 9.97. The molecule has 2 aromatic rings. The van der Waals surface area contributed by atoms with E-state index in [9.17, 15) is 9.59 Å². The van der Waals surface area contributed by atoms with Gasteiger partial charge in [0.1, 0.15) is 0 Å². The largest absolute Gasteiger partial charge is 0.269 e. The van der Waals surface area contributed by atoms with Crippen molar-refractivity contribution >= 4 is 11.8 Å². The molecule has 0 bridgehead atoms. The first kappa shape index (κ1) is 14.8. The van der Waals surface area contributed by atoms with E-state index in [1.54, 1.807) is 18.2 Å². The zero-order valence-corrected chi connectivity index (χ0v) is 12.4. The lowest BCUT2D eigenvalue weighted by Crippen LogP contribution is -2.41. The number of carbonyl (C=O) groups is 2. The zero-order chi connectivity index (χ0) is 15.4. The number of nitrogens with one attached hydrogen (secondary N) is 2. The van der Waals surface area contributed by atoms with Gasteiger partial charge in [-0.1, -0.05) is 35.4 Å². The number of aryl methyl sites for hydroxylation is 3. The Balaban J connectivity index is 2.00. The van der Waals surface area contributed by atoms with Crippen molar-refractivity contribution in [3.8, 4) is 0 Å². The van der Waals surface area contributed by atoms with E-state index in [0.29, 0.717) is 11.1 Å². The van der Waals surface area contributed by atoms with E-state index in [0.717, 1.165) is 16.7 Å². The summed E-state index contributed by atoms with van der Waals surface area (Å²) in [6.45, 7) is 5.78. The zero-order valence-electron chi connectivity index (χ0n) is 12.4. The number of benzene rings is 2. The van der Waals surface area contributed by atoms with Crippen molar-refractivity contribution in [2.75, 3.05) is 0 Å². The number of hydrazine groups is 1. The van der Waals surface area contributed by atoms with Crippen LogP contribution in [0.15, 0.2) is 42.5 Å². The monoisotopic (exact) mass is 282 g/mol. The second kappa shape index (κ2) is 6.22. The van der Waals surface area contributed by atoms with Crippen molar-refractivity contribution in [1.82, 2.24) is 10.9 Å². The van der Waals surface area contributed by atoms with Gasteiger partial charge in [-0.25, -0.2) is 0 Å². The van der Waals surface area contributed by atoms with Gasteiger partial charge in [-0.2, -0.15) is 0 Å². The first-order valence-corrected chi connectivity index (χ1v) is 6.72. The highest BCUT2D eigenvalue weighted by molar-refractivity contribution is 5.99. The summed E-state index contributed by atoms with van der Waals surface area (Å²) in [6.07, 6.45) is 0. The van der Waals surface area contributed by atoms with Crippen LogP contribution in [0, 0.1) is 20.8 Å². The quantitative estimate of drug-likeness (QED) is 0.832. The predicted molar refractivity (Wildman–Crippen MR) is 82.0 cm³/mol. The highest BCUT2D eigenvalue weighted by atomic mass is 16.2. The van der Waals surface area contributed by atoms with E-state index < -0.39 is 0 Å². The molecule has 4 nitrogen and oxygen atoms in total. The molecule has 108 valence electrons. The van der Waals surface area contributed by atoms with E-state index in [1.165, 1.54) is 0 Å². The number of hydrogen-bond acceptors (Lipinski definition) is 2. The second-order valence-electron chi connectivity index (χ2n) is 5.09. The van der Waals surface area contributed by atoms with Crippen LogP contribution >= 0.6 is 0 Å². The molecule has 0 saturated heterocycles. The summed E-state index contributed by atoms with van der Waals surface area (Å²) in [4.78, 5) is 23.9. The van der Waals surface area contributed by atoms with Crippen LogP contribution in [0.5, 0.6) is 0 Å². The van der Waals surface area contributed by atoms with Gasteiger partial charge in [0.15, 0.2) is 0 Å². The lowest BCUT2D eigenvalue weighted by Gasteiger charge is -2.10. The molecule has 0 unspecified atom stereocenters. The fourth-order valence-electron chi connectivity index (χ4n) is 2.03. The van der Waals surface area contributed by atoms with Crippen LogP contribution in [0.2, 0.25) is 0 Å². The van der Waals surface area contributed by atoms with Crippen LogP contribution < -0.4 is 10.9 Å². The molecule has 0 aliphatic carbocycles. The van der Waals surface area contributed by atoms with Gasteiger partial charge in [-0.15, -0.1) is 0 Å². The molecule has 0 saturated carbocycles. The lowest BCUT2D eigenvalue weighted by molar-refractivity contribution is 0.0846. The molecule has 2 amide bonds. The summed E-state index contributed by atoms with van der Waals surface area (Å²) in [5, 5.41) is 0. The standard InChI is InChI=1S/C17H18N2O2/c1-11-4-7-14(8-5-11)16(20)18-19-17(21)15-9-6-12(2)10-13(15)3/h4-10H,1-3H3,(H,18,20)(H,19,21). The third-order valence-corrected chi connectivity index (χ3v) is 3.23. The Morgan fingerprint density at radius 3 is 1.95 bits per heavy atom. The Morgan fingerprint density at radius 2 is 1.33 bits per heavy atom. The molecular weight excluding hydrogens is 264 g/mol. The third-order valence-electron chi connectivity index (χ3n) is 3.23. The van der Waals surface area contributed by atoms with Crippen molar-refractivity contribution in [1.29, 1.82) is 0 Å². The fourth-order valence-corrected chi connectivity index (χ4v) is 2.03. The molecule has 2 N–H and O–H groups in total. The Labute approximate surface area is 124 Å². The molecule has 2 aromatic carbocycles. The Hall–Kier alpha value is -2.62. The molecule has 0 heterocycles. The average Bonchev–Trinajstić information content (AvgIpc) is 2.45. The molecule has 0 aliphatic rings. The van der Waals surface area contributed by atoms with Crippen LogP contribution in [0.4, 0.5) is 0 Å². The summed E-state index contributed by atoms with van der Waals surface area (Å²) in [5.41, 5.74) is 8.94. The van der Waals surface area contributed by atoms with Crippen molar-refractivity contribution in [2.45, 2.75) is 20.8 Å². The van der Waals surface area contributed by atoms with E-state index >= 15 is 0 Å². The maximum atomic E-state index is 12.0. The van der Waals surface area contributed by atoms with Crippen LogP contribution in [0.3, 0.4) is 0 Å². The summed E-state index contributed by atoms with van der Waals surface area (Å²) >= 11 is 0. The Kier molecular flexibility index (Phi) is 4.38. The number of rotatable bonds is 2. The molecule has 0 aliphatic heterocycles. The normalized spacial score (nSPS) is 10.0. The highest BCUT2D eigenvalue weighted by Gasteiger charge is 2.11. The maximum absolute atomic E-state index is 12.0. The summed E-state index contributed by atoms with van der Waals surface area (Å²) < 4.78 is 0. The van der Waals surface area contributed by atoms with Crippen LogP contribution in [0.25, 0.3) is 0 Å². The molecule has 0 atom stereocenters. The first-order valence-electron chi connectivity index (χ1n) is 6.72. The Morgan fingerprint density at radius 1 is 0.762 bits per heavy atom. The van der Waals surface area contributed by atoms with Crippen LogP contribution in [0.1, 0.15) is 37.4 Å². The van der Waals surface area contributed by atoms with E-state index in [2.05, 4.69) is 10.9 Å². The van der Waals surface area contributed by atoms with Gasteiger partial charge >= 0.3 is 0 Å². The molecular formula is C17H18N2O2. The molecule has 0 radical (unpaired) electrons. The third kappa shape index (κ3) is 3.69. The lowest BCUT2D eigenvalue weighted by atomic mass is 10.1. The van der Waals surface area contributed by atoms with Crippen LogP contribution in [-0.4, -0.2) is 11.8 Å². The number of carbonyl (C=O) groups excluding carboxylic acids is 2. The smallest absolute Gasteiger partial charge is 0.267 e. The Bertz CT molecular complexity index is 676. The fraction of sp³-hybridized carbons (Fsp3) is 0.176.